The molecule has 0 atom stereocenters. The number of carbonyl (C=O) groups is 1. The molecule has 0 spiro atoms. The number of hydrogen-bond donors (Lipinski definition) is 1. The van der Waals surface area contributed by atoms with Crippen LogP contribution < -0.4 is 5.32 Å². The van der Waals surface area contributed by atoms with E-state index >= 15 is 0 Å². The molecular formula is C16H19BrN2O. The molecule has 0 bridgehead atoms. The number of nitrogens with one attached hydrogen (secondary N) is 1. The van der Waals surface area contributed by atoms with E-state index in [9.17, 15) is 4.79 Å². The first-order valence-corrected chi connectivity index (χ1v) is 8.13. The molecule has 2 rings (SSSR count). The van der Waals surface area contributed by atoms with Crippen LogP contribution in [-0.2, 0) is 0 Å². The van der Waals surface area contributed by atoms with Crippen molar-refractivity contribution in [3.63, 3.8) is 0 Å². The molecule has 0 aliphatic rings. The van der Waals surface area contributed by atoms with Crippen LogP contribution in [0.2, 0.25) is 0 Å². The monoisotopic (exact) mass is 334 g/mol. The predicted octanol–water partition coefficient (Wildman–Crippen LogP) is 3.92. The zero-order valence-electron chi connectivity index (χ0n) is 11.4. The summed E-state index contributed by atoms with van der Waals surface area (Å²) in [5.74, 6) is -0.0101. The number of pyridine rings is 1. The molecule has 1 heterocycles. The number of unbranched alkanes of at least 4 members (excludes halogenated alkanes) is 3. The number of amides is 1. The highest BCUT2D eigenvalue weighted by atomic mass is 79.9. The van der Waals surface area contributed by atoms with Crippen LogP contribution in [-0.4, -0.2) is 22.8 Å². The van der Waals surface area contributed by atoms with Crippen molar-refractivity contribution in [3.05, 3.63) is 42.1 Å². The Kier molecular flexibility index (Phi) is 5.99. The first-order chi connectivity index (χ1) is 9.83. The van der Waals surface area contributed by atoms with Gasteiger partial charge in [-0.2, -0.15) is 0 Å². The van der Waals surface area contributed by atoms with Gasteiger partial charge in [-0.25, -0.2) is 0 Å². The Balaban J connectivity index is 1.91. The molecule has 0 fully saturated rings. The minimum atomic E-state index is -0.0101. The molecule has 4 heteroatoms. The van der Waals surface area contributed by atoms with Gasteiger partial charge in [0.1, 0.15) is 0 Å². The quantitative estimate of drug-likeness (QED) is 0.615. The molecule has 3 nitrogen and oxygen atoms in total. The number of fused-ring (bicyclic) bond motifs is 1. The van der Waals surface area contributed by atoms with Crippen molar-refractivity contribution in [2.75, 3.05) is 11.9 Å². The molecule has 2 aromatic rings. The molecule has 1 aromatic heterocycles. The second-order valence-corrected chi connectivity index (χ2v) is 5.53. The number of hydrogen-bond acceptors (Lipinski definition) is 2. The molecule has 1 N–H and O–H groups in total. The normalized spacial score (nSPS) is 10.7. The molecule has 20 heavy (non-hydrogen) atoms. The summed E-state index contributed by atoms with van der Waals surface area (Å²) < 4.78 is 0. The first kappa shape index (κ1) is 15.0. The third kappa shape index (κ3) is 4.04. The Labute approximate surface area is 127 Å². The molecule has 106 valence electrons. The van der Waals surface area contributed by atoms with Crippen molar-refractivity contribution in [3.8, 4) is 0 Å². The summed E-state index contributed by atoms with van der Waals surface area (Å²) >= 11 is 3.42. The molecule has 0 radical (unpaired) electrons. The van der Waals surface area contributed by atoms with Crippen molar-refractivity contribution < 1.29 is 4.79 Å². The van der Waals surface area contributed by atoms with Crippen molar-refractivity contribution in [2.45, 2.75) is 25.7 Å². The minimum absolute atomic E-state index is 0.0101. The van der Waals surface area contributed by atoms with Crippen LogP contribution in [0.4, 0.5) is 0 Å². The fraction of sp³-hybridized carbons (Fsp3) is 0.375. The van der Waals surface area contributed by atoms with E-state index in [1.165, 1.54) is 12.8 Å². The highest BCUT2D eigenvalue weighted by Crippen LogP contribution is 2.15. The topological polar surface area (TPSA) is 42.0 Å². The van der Waals surface area contributed by atoms with Crippen LogP contribution in [0.3, 0.4) is 0 Å². The Morgan fingerprint density at radius 1 is 1.10 bits per heavy atom. The van der Waals surface area contributed by atoms with Crippen LogP contribution in [0.5, 0.6) is 0 Å². The summed E-state index contributed by atoms with van der Waals surface area (Å²) in [4.78, 5) is 16.5. The number of nitrogens with zero attached hydrogens (tertiary/aromatic N) is 1. The van der Waals surface area contributed by atoms with Gasteiger partial charge in [0.05, 0.1) is 11.1 Å². The molecule has 0 saturated carbocycles. The molecular weight excluding hydrogens is 316 g/mol. The van der Waals surface area contributed by atoms with Gasteiger partial charge >= 0.3 is 0 Å². The lowest BCUT2D eigenvalue weighted by Crippen LogP contribution is -2.24. The Morgan fingerprint density at radius 2 is 1.90 bits per heavy atom. The highest BCUT2D eigenvalue weighted by Gasteiger charge is 2.09. The van der Waals surface area contributed by atoms with Gasteiger partial charge in [0, 0.05) is 23.5 Å². The lowest BCUT2D eigenvalue weighted by Gasteiger charge is -2.07. The lowest BCUT2D eigenvalue weighted by molar-refractivity contribution is 0.0954. The van der Waals surface area contributed by atoms with Crippen LogP contribution in [0, 0.1) is 0 Å². The zero-order valence-corrected chi connectivity index (χ0v) is 13.0. The standard InChI is InChI=1S/C16H19BrN2O/c17-10-5-1-2-6-11-19-16(20)14-9-12-18-15-8-4-3-7-13(14)15/h3-4,7-9,12H,1-2,5-6,10-11H2,(H,19,20). The number of benzene rings is 1. The van der Waals surface area contributed by atoms with Gasteiger partial charge < -0.3 is 5.32 Å². The van der Waals surface area contributed by atoms with Gasteiger partial charge in [0.2, 0.25) is 0 Å². The fourth-order valence-corrected chi connectivity index (χ4v) is 2.56. The lowest BCUT2D eigenvalue weighted by atomic mass is 10.1. The fourth-order valence-electron chi connectivity index (χ4n) is 2.16. The second kappa shape index (κ2) is 8.00. The molecule has 0 aliphatic heterocycles. The van der Waals surface area contributed by atoms with Gasteiger partial charge in [0.15, 0.2) is 0 Å². The third-order valence-corrected chi connectivity index (χ3v) is 3.80. The maximum absolute atomic E-state index is 12.2. The van der Waals surface area contributed by atoms with Gasteiger partial charge in [0.25, 0.3) is 5.91 Å². The highest BCUT2D eigenvalue weighted by molar-refractivity contribution is 9.09. The first-order valence-electron chi connectivity index (χ1n) is 7.01. The van der Waals surface area contributed by atoms with Gasteiger partial charge in [-0.15, -0.1) is 0 Å². The van der Waals surface area contributed by atoms with Crippen LogP contribution in [0.25, 0.3) is 10.9 Å². The summed E-state index contributed by atoms with van der Waals surface area (Å²) in [6, 6.07) is 9.50. The molecule has 1 aromatic carbocycles. The van der Waals surface area contributed by atoms with Gasteiger partial charge in [-0.1, -0.05) is 47.0 Å². The van der Waals surface area contributed by atoms with Gasteiger partial charge in [-0.3, -0.25) is 9.78 Å². The summed E-state index contributed by atoms with van der Waals surface area (Å²) in [6.45, 7) is 0.734. The summed E-state index contributed by atoms with van der Waals surface area (Å²) in [6.07, 6.45) is 6.28. The van der Waals surface area contributed by atoms with Crippen molar-refractivity contribution in [1.29, 1.82) is 0 Å². The number of carbonyl (C=O) groups excluding carboxylic acids is 1. The average Bonchev–Trinajstić information content (AvgIpc) is 2.50. The smallest absolute Gasteiger partial charge is 0.252 e. The van der Waals surface area contributed by atoms with E-state index in [2.05, 4.69) is 26.2 Å². The summed E-state index contributed by atoms with van der Waals surface area (Å²) in [5.41, 5.74) is 1.56. The number of rotatable bonds is 7. The summed E-state index contributed by atoms with van der Waals surface area (Å²) in [7, 11) is 0. The molecule has 0 unspecified atom stereocenters. The largest absolute Gasteiger partial charge is 0.352 e. The van der Waals surface area contributed by atoms with E-state index in [-0.39, 0.29) is 5.91 Å². The average molecular weight is 335 g/mol. The maximum atomic E-state index is 12.2. The molecule has 0 saturated heterocycles. The Bertz CT molecular complexity index is 566. The molecule has 0 aliphatic carbocycles. The Hall–Kier alpha value is -1.42. The van der Waals surface area contributed by atoms with Crippen LogP contribution in [0.1, 0.15) is 36.0 Å². The van der Waals surface area contributed by atoms with E-state index in [4.69, 9.17) is 0 Å². The zero-order chi connectivity index (χ0) is 14.2. The number of alkyl halides is 1. The van der Waals surface area contributed by atoms with Crippen molar-refractivity contribution in [1.82, 2.24) is 10.3 Å². The number of para-hydroxylation sites is 1. The third-order valence-electron chi connectivity index (χ3n) is 3.24. The SMILES string of the molecule is O=C(NCCCCCCBr)c1ccnc2ccccc12. The maximum Gasteiger partial charge on any atom is 0.252 e. The van der Waals surface area contributed by atoms with Crippen molar-refractivity contribution >= 4 is 32.7 Å². The summed E-state index contributed by atoms with van der Waals surface area (Å²) in [5, 5.41) is 4.96. The van der Waals surface area contributed by atoms with Crippen LogP contribution in [0.15, 0.2) is 36.5 Å². The number of halogens is 1. The predicted molar refractivity (Wildman–Crippen MR) is 86.3 cm³/mol. The van der Waals surface area contributed by atoms with Crippen molar-refractivity contribution in [2.24, 2.45) is 0 Å². The minimum Gasteiger partial charge on any atom is -0.352 e. The van der Waals surface area contributed by atoms with E-state index in [1.54, 1.807) is 12.3 Å². The van der Waals surface area contributed by atoms with E-state index in [0.29, 0.717) is 5.56 Å². The van der Waals surface area contributed by atoms with Gasteiger partial charge in [-0.05, 0) is 25.0 Å². The van der Waals surface area contributed by atoms with Crippen LogP contribution >= 0.6 is 15.9 Å². The van der Waals surface area contributed by atoms with E-state index < -0.39 is 0 Å². The second-order valence-electron chi connectivity index (χ2n) is 4.73. The number of aromatic nitrogens is 1. The van der Waals surface area contributed by atoms with E-state index in [1.807, 2.05) is 24.3 Å². The van der Waals surface area contributed by atoms with E-state index in [0.717, 1.165) is 35.6 Å². The Morgan fingerprint density at radius 3 is 2.75 bits per heavy atom. The molecule has 1 amide bonds.